The van der Waals surface area contributed by atoms with E-state index in [2.05, 4.69) is 11.2 Å². The Kier molecular flexibility index (Phi) is 4.85. The standard InChI is InChI=1S/C12H15N3O.2ClH/c1-16-10-4-8(5-10)11-7-15-6-9(13)2-3-12(15)14-11;;/h2-3,6-8,10H,4-5,13H2,1H3;2*1H/t8-,10-;;. The number of pyridine rings is 1. The van der Waals surface area contributed by atoms with E-state index in [9.17, 15) is 0 Å². The summed E-state index contributed by atoms with van der Waals surface area (Å²) < 4.78 is 7.27. The van der Waals surface area contributed by atoms with E-state index >= 15 is 0 Å². The van der Waals surface area contributed by atoms with E-state index in [4.69, 9.17) is 10.5 Å². The van der Waals surface area contributed by atoms with Gasteiger partial charge < -0.3 is 14.9 Å². The lowest BCUT2D eigenvalue weighted by atomic mass is 9.80. The van der Waals surface area contributed by atoms with Crippen molar-refractivity contribution in [2.45, 2.75) is 24.9 Å². The Balaban J connectivity index is 0.000000810. The first-order valence-electron chi connectivity index (χ1n) is 5.53. The van der Waals surface area contributed by atoms with Crippen LogP contribution in [0.25, 0.3) is 5.65 Å². The van der Waals surface area contributed by atoms with Crippen LogP contribution in [0.15, 0.2) is 24.5 Å². The molecule has 1 aliphatic carbocycles. The summed E-state index contributed by atoms with van der Waals surface area (Å²) in [6.07, 6.45) is 6.55. The van der Waals surface area contributed by atoms with Crippen molar-refractivity contribution in [1.29, 1.82) is 0 Å². The number of nitrogens with zero attached hydrogens (tertiary/aromatic N) is 2. The average molecular weight is 290 g/mol. The van der Waals surface area contributed by atoms with Crippen molar-refractivity contribution < 1.29 is 4.74 Å². The van der Waals surface area contributed by atoms with Crippen LogP contribution in [0.1, 0.15) is 24.5 Å². The molecule has 0 bridgehead atoms. The third-order valence-corrected chi connectivity index (χ3v) is 3.34. The molecule has 3 rings (SSSR count). The largest absolute Gasteiger partial charge is 0.398 e. The molecule has 100 valence electrons. The molecule has 2 N–H and O–H groups in total. The highest BCUT2D eigenvalue weighted by atomic mass is 35.5. The maximum absolute atomic E-state index is 5.73. The predicted octanol–water partition coefficient (Wildman–Crippen LogP) is 2.65. The molecule has 0 aliphatic heterocycles. The zero-order valence-corrected chi connectivity index (χ0v) is 11.7. The van der Waals surface area contributed by atoms with E-state index in [0.29, 0.717) is 12.0 Å². The van der Waals surface area contributed by atoms with Crippen molar-refractivity contribution in [3.8, 4) is 0 Å². The van der Waals surface area contributed by atoms with Gasteiger partial charge in [-0.05, 0) is 25.0 Å². The molecule has 2 heterocycles. The minimum absolute atomic E-state index is 0. The topological polar surface area (TPSA) is 52.5 Å². The SMILES string of the molecule is CO[C@H]1C[C@H](c2cn3cc(N)ccc3n2)C1.Cl.Cl. The van der Waals surface area contributed by atoms with Crippen LogP contribution in [0.2, 0.25) is 0 Å². The first-order valence-corrected chi connectivity index (χ1v) is 5.53. The number of methoxy groups -OCH3 is 1. The van der Waals surface area contributed by atoms with Crippen molar-refractivity contribution in [1.82, 2.24) is 9.38 Å². The first kappa shape index (κ1) is 15.1. The number of nitrogens with two attached hydrogens (primary N) is 1. The van der Waals surface area contributed by atoms with Gasteiger partial charge in [0.15, 0.2) is 0 Å². The van der Waals surface area contributed by atoms with Gasteiger partial charge in [-0.2, -0.15) is 0 Å². The van der Waals surface area contributed by atoms with Gasteiger partial charge in [0.05, 0.1) is 11.8 Å². The maximum atomic E-state index is 5.73. The Morgan fingerprint density at radius 1 is 1.28 bits per heavy atom. The van der Waals surface area contributed by atoms with E-state index in [0.717, 1.165) is 29.9 Å². The molecule has 18 heavy (non-hydrogen) atoms. The molecule has 0 radical (unpaired) electrons. The van der Waals surface area contributed by atoms with Crippen molar-refractivity contribution in [3.05, 3.63) is 30.2 Å². The van der Waals surface area contributed by atoms with Crippen molar-refractivity contribution in [3.63, 3.8) is 0 Å². The molecule has 0 aromatic carbocycles. The minimum Gasteiger partial charge on any atom is -0.398 e. The number of hydrogen-bond acceptors (Lipinski definition) is 3. The lowest BCUT2D eigenvalue weighted by Gasteiger charge is -2.32. The van der Waals surface area contributed by atoms with Gasteiger partial charge in [0, 0.05) is 31.1 Å². The summed E-state index contributed by atoms with van der Waals surface area (Å²) in [5.74, 6) is 0.547. The Labute approximate surface area is 118 Å². The second-order valence-electron chi connectivity index (χ2n) is 4.42. The van der Waals surface area contributed by atoms with Gasteiger partial charge in [0.2, 0.25) is 0 Å². The molecule has 0 spiro atoms. The van der Waals surface area contributed by atoms with Gasteiger partial charge in [-0.15, -0.1) is 24.8 Å². The van der Waals surface area contributed by atoms with Gasteiger partial charge in [-0.1, -0.05) is 0 Å². The normalized spacial score (nSPS) is 21.8. The highest BCUT2D eigenvalue weighted by Crippen LogP contribution is 2.37. The molecule has 0 atom stereocenters. The Morgan fingerprint density at radius 2 is 2.00 bits per heavy atom. The molecule has 4 nitrogen and oxygen atoms in total. The van der Waals surface area contributed by atoms with Crippen LogP contribution < -0.4 is 5.73 Å². The summed E-state index contributed by atoms with van der Waals surface area (Å²) >= 11 is 0. The summed E-state index contributed by atoms with van der Waals surface area (Å²) in [6.45, 7) is 0. The fraction of sp³-hybridized carbons (Fsp3) is 0.417. The van der Waals surface area contributed by atoms with Crippen LogP contribution in [-0.2, 0) is 4.74 Å². The molecular formula is C12H17Cl2N3O. The summed E-state index contributed by atoms with van der Waals surface area (Å²) in [7, 11) is 1.77. The number of imidazole rings is 1. The molecule has 0 amide bonds. The minimum atomic E-state index is 0. The number of nitrogen functional groups attached to an aromatic ring is 1. The molecule has 2 aromatic rings. The van der Waals surface area contributed by atoms with E-state index in [1.807, 2.05) is 22.7 Å². The zero-order valence-electron chi connectivity index (χ0n) is 10.1. The van der Waals surface area contributed by atoms with Gasteiger partial charge in [0.25, 0.3) is 0 Å². The van der Waals surface area contributed by atoms with Crippen molar-refractivity contribution in [2.24, 2.45) is 0 Å². The number of ether oxygens (including phenoxy) is 1. The molecular weight excluding hydrogens is 273 g/mol. The van der Waals surface area contributed by atoms with Crippen LogP contribution in [0, 0.1) is 0 Å². The molecule has 0 unspecified atom stereocenters. The van der Waals surface area contributed by atoms with Gasteiger partial charge in [0.1, 0.15) is 5.65 Å². The Bertz CT molecular complexity index is 523. The number of aromatic nitrogens is 2. The molecule has 1 saturated carbocycles. The van der Waals surface area contributed by atoms with E-state index in [-0.39, 0.29) is 24.8 Å². The van der Waals surface area contributed by atoms with Crippen molar-refractivity contribution >= 4 is 36.1 Å². The summed E-state index contributed by atoms with van der Waals surface area (Å²) in [5.41, 5.74) is 8.61. The second-order valence-corrected chi connectivity index (χ2v) is 4.42. The lowest BCUT2D eigenvalue weighted by Crippen LogP contribution is -2.28. The van der Waals surface area contributed by atoms with Crippen LogP contribution in [0.3, 0.4) is 0 Å². The highest BCUT2D eigenvalue weighted by Gasteiger charge is 2.31. The third-order valence-electron chi connectivity index (χ3n) is 3.34. The van der Waals surface area contributed by atoms with Gasteiger partial charge >= 0.3 is 0 Å². The molecule has 2 aromatic heterocycles. The summed E-state index contributed by atoms with van der Waals surface area (Å²) in [4.78, 5) is 4.60. The van der Waals surface area contributed by atoms with Crippen LogP contribution >= 0.6 is 24.8 Å². The molecule has 1 fully saturated rings. The van der Waals surface area contributed by atoms with Gasteiger partial charge in [-0.25, -0.2) is 4.98 Å². The van der Waals surface area contributed by atoms with E-state index in [1.54, 1.807) is 7.11 Å². The number of rotatable bonds is 2. The lowest BCUT2D eigenvalue weighted by molar-refractivity contribution is 0.0249. The predicted molar refractivity (Wildman–Crippen MR) is 76.9 cm³/mol. The number of anilines is 1. The Hall–Kier alpha value is -0.970. The monoisotopic (exact) mass is 289 g/mol. The zero-order chi connectivity index (χ0) is 11.1. The number of halogens is 2. The van der Waals surface area contributed by atoms with E-state index < -0.39 is 0 Å². The molecule has 1 aliphatic rings. The van der Waals surface area contributed by atoms with Gasteiger partial charge in [-0.3, -0.25) is 0 Å². The third kappa shape index (κ3) is 2.55. The fourth-order valence-corrected chi connectivity index (χ4v) is 2.22. The number of fused-ring (bicyclic) bond motifs is 1. The number of hydrogen-bond donors (Lipinski definition) is 1. The molecule has 6 heteroatoms. The second kappa shape index (κ2) is 5.78. The van der Waals surface area contributed by atoms with Crippen LogP contribution in [0.5, 0.6) is 0 Å². The van der Waals surface area contributed by atoms with Crippen LogP contribution in [0.4, 0.5) is 5.69 Å². The maximum Gasteiger partial charge on any atom is 0.137 e. The fourth-order valence-electron chi connectivity index (χ4n) is 2.22. The van der Waals surface area contributed by atoms with Crippen molar-refractivity contribution in [2.75, 3.05) is 12.8 Å². The van der Waals surface area contributed by atoms with E-state index in [1.165, 1.54) is 0 Å². The summed E-state index contributed by atoms with van der Waals surface area (Å²) in [6, 6.07) is 3.83. The quantitative estimate of drug-likeness (QED) is 0.925. The van der Waals surface area contributed by atoms with Crippen LogP contribution in [-0.4, -0.2) is 22.6 Å². The first-order chi connectivity index (χ1) is 7.76. The molecule has 0 saturated heterocycles. The smallest absolute Gasteiger partial charge is 0.137 e. The highest BCUT2D eigenvalue weighted by molar-refractivity contribution is 5.85. The average Bonchev–Trinajstić information content (AvgIpc) is 2.58. The Morgan fingerprint density at radius 3 is 2.67 bits per heavy atom. The summed E-state index contributed by atoms with van der Waals surface area (Å²) in [5, 5.41) is 0.